The van der Waals surface area contributed by atoms with Crippen molar-refractivity contribution in [3.05, 3.63) is 12.2 Å². The molecule has 70 valence electrons. The lowest BCUT2D eigenvalue weighted by Gasteiger charge is -2.43. The molecule has 1 aliphatic carbocycles. The van der Waals surface area contributed by atoms with Crippen LogP contribution in [-0.4, -0.2) is 25.0 Å². The molecule has 3 unspecified atom stereocenters. The first kappa shape index (κ1) is 8.29. The Morgan fingerprint density at radius 2 is 2.46 bits per heavy atom. The van der Waals surface area contributed by atoms with Crippen LogP contribution in [0.2, 0.25) is 0 Å². The van der Waals surface area contributed by atoms with E-state index in [4.69, 9.17) is 0 Å². The highest BCUT2D eigenvalue weighted by Gasteiger charge is 2.46. The van der Waals surface area contributed by atoms with Gasteiger partial charge in [-0.2, -0.15) is 0 Å². The largest absolute Gasteiger partial charge is 0.469 e. The van der Waals surface area contributed by atoms with Crippen molar-refractivity contribution in [3.63, 3.8) is 0 Å². The third-order valence-electron chi connectivity index (χ3n) is 2.74. The Labute approximate surface area is 75.9 Å². The van der Waals surface area contributed by atoms with Gasteiger partial charge in [0.2, 0.25) is 5.91 Å². The molecule has 1 N–H and O–H groups in total. The maximum atomic E-state index is 11.2. The average molecular weight is 181 g/mol. The molecular formula is C9H11NO3. The molecule has 4 nitrogen and oxygen atoms in total. The van der Waals surface area contributed by atoms with Crippen molar-refractivity contribution >= 4 is 11.9 Å². The van der Waals surface area contributed by atoms with Crippen LogP contribution in [0.1, 0.15) is 6.42 Å². The summed E-state index contributed by atoms with van der Waals surface area (Å²) in [4.78, 5) is 22.0. The monoisotopic (exact) mass is 181 g/mol. The van der Waals surface area contributed by atoms with E-state index in [0.717, 1.165) is 0 Å². The van der Waals surface area contributed by atoms with Gasteiger partial charge in [0.15, 0.2) is 0 Å². The fraction of sp³-hybridized carbons (Fsp3) is 0.556. The van der Waals surface area contributed by atoms with Crippen LogP contribution in [-0.2, 0) is 14.3 Å². The molecule has 1 aliphatic heterocycles. The minimum atomic E-state index is -0.179. The van der Waals surface area contributed by atoms with E-state index in [1.165, 1.54) is 13.2 Å². The van der Waals surface area contributed by atoms with Gasteiger partial charge in [-0.25, -0.2) is 0 Å². The highest BCUT2D eigenvalue weighted by Crippen LogP contribution is 2.38. The van der Waals surface area contributed by atoms with Crippen molar-refractivity contribution in [3.8, 4) is 0 Å². The summed E-state index contributed by atoms with van der Waals surface area (Å²) >= 11 is 0. The van der Waals surface area contributed by atoms with E-state index >= 15 is 0 Å². The maximum absolute atomic E-state index is 11.2. The lowest BCUT2D eigenvalue weighted by molar-refractivity contribution is -0.152. The van der Waals surface area contributed by atoms with Crippen molar-refractivity contribution in [1.29, 1.82) is 0 Å². The number of carbonyl (C=O) groups is 2. The van der Waals surface area contributed by atoms with Crippen molar-refractivity contribution < 1.29 is 14.3 Å². The van der Waals surface area contributed by atoms with Gasteiger partial charge in [0.1, 0.15) is 0 Å². The Kier molecular flexibility index (Phi) is 1.83. The summed E-state index contributed by atoms with van der Waals surface area (Å²) < 4.78 is 4.64. The normalized spacial score (nSPS) is 35.8. The molecule has 0 aromatic carbocycles. The van der Waals surface area contributed by atoms with E-state index in [1.54, 1.807) is 6.08 Å². The highest BCUT2D eigenvalue weighted by molar-refractivity contribution is 5.89. The summed E-state index contributed by atoms with van der Waals surface area (Å²) in [6.45, 7) is 0. The first-order valence-corrected chi connectivity index (χ1v) is 4.29. The highest BCUT2D eigenvalue weighted by atomic mass is 16.5. The first-order chi connectivity index (χ1) is 6.22. The first-order valence-electron chi connectivity index (χ1n) is 4.29. The van der Waals surface area contributed by atoms with Crippen LogP contribution in [0, 0.1) is 11.8 Å². The minimum absolute atomic E-state index is 0.0631. The Morgan fingerprint density at radius 1 is 1.69 bits per heavy atom. The Bertz CT molecular complexity index is 285. The summed E-state index contributed by atoms with van der Waals surface area (Å²) in [6, 6.07) is 0.140. The van der Waals surface area contributed by atoms with Crippen LogP contribution in [0.25, 0.3) is 0 Å². The predicted octanol–water partition coefficient (Wildman–Crippen LogP) is -0.150. The predicted molar refractivity (Wildman–Crippen MR) is 44.7 cm³/mol. The van der Waals surface area contributed by atoms with Crippen LogP contribution < -0.4 is 5.32 Å². The van der Waals surface area contributed by atoms with Gasteiger partial charge in [-0.15, -0.1) is 0 Å². The van der Waals surface area contributed by atoms with Crippen LogP contribution in [0.15, 0.2) is 12.2 Å². The average Bonchev–Trinajstić information content (AvgIpc) is 2.09. The Hall–Kier alpha value is -1.32. The van der Waals surface area contributed by atoms with Gasteiger partial charge in [-0.3, -0.25) is 9.59 Å². The SMILES string of the molecule is COC(=O)C1CC2NC(=O)C=CC21. The van der Waals surface area contributed by atoms with E-state index in [0.29, 0.717) is 6.42 Å². The molecule has 0 saturated heterocycles. The van der Waals surface area contributed by atoms with E-state index < -0.39 is 0 Å². The molecular weight excluding hydrogens is 170 g/mol. The van der Waals surface area contributed by atoms with E-state index in [1.807, 2.05) is 0 Å². The maximum Gasteiger partial charge on any atom is 0.309 e. The molecule has 2 aliphatic rings. The quantitative estimate of drug-likeness (QED) is 0.572. The van der Waals surface area contributed by atoms with Crippen LogP contribution in [0.3, 0.4) is 0 Å². The molecule has 1 fully saturated rings. The number of fused-ring (bicyclic) bond motifs is 1. The number of amides is 1. The van der Waals surface area contributed by atoms with Crippen LogP contribution in [0.4, 0.5) is 0 Å². The molecule has 1 heterocycles. The molecule has 3 atom stereocenters. The number of hydrogen-bond acceptors (Lipinski definition) is 3. The number of esters is 1. The number of hydrogen-bond donors (Lipinski definition) is 1. The number of carbonyl (C=O) groups excluding carboxylic acids is 2. The second-order valence-electron chi connectivity index (χ2n) is 3.42. The number of methoxy groups -OCH3 is 1. The lowest BCUT2D eigenvalue weighted by Crippen LogP contribution is -2.56. The number of ether oxygens (including phenoxy) is 1. The second-order valence-corrected chi connectivity index (χ2v) is 3.42. The van der Waals surface area contributed by atoms with Crippen molar-refractivity contribution in [2.45, 2.75) is 12.5 Å². The standard InChI is InChI=1S/C9H11NO3/c1-13-9(12)6-4-7-5(6)2-3-8(11)10-7/h2-3,5-7H,4H2,1H3,(H,10,11). The molecule has 4 heteroatoms. The lowest BCUT2D eigenvalue weighted by atomic mass is 9.68. The zero-order chi connectivity index (χ0) is 9.42. The topological polar surface area (TPSA) is 55.4 Å². The second kappa shape index (κ2) is 2.87. The molecule has 1 saturated carbocycles. The van der Waals surface area contributed by atoms with Gasteiger partial charge in [-0.1, -0.05) is 6.08 Å². The van der Waals surface area contributed by atoms with Gasteiger partial charge in [0.25, 0.3) is 0 Å². The van der Waals surface area contributed by atoms with Crippen molar-refractivity contribution in [2.24, 2.45) is 11.8 Å². The molecule has 0 aromatic heterocycles. The molecule has 2 rings (SSSR count). The third kappa shape index (κ3) is 1.22. The van der Waals surface area contributed by atoms with Crippen molar-refractivity contribution in [2.75, 3.05) is 7.11 Å². The molecule has 0 bridgehead atoms. The Balaban J connectivity index is 2.05. The fourth-order valence-corrected chi connectivity index (χ4v) is 1.93. The molecule has 13 heavy (non-hydrogen) atoms. The summed E-state index contributed by atoms with van der Waals surface area (Å²) in [7, 11) is 1.39. The molecule has 0 aromatic rings. The van der Waals surface area contributed by atoms with Gasteiger partial charge >= 0.3 is 5.97 Å². The van der Waals surface area contributed by atoms with Gasteiger partial charge in [-0.05, 0) is 12.5 Å². The van der Waals surface area contributed by atoms with E-state index in [-0.39, 0.29) is 29.8 Å². The zero-order valence-electron chi connectivity index (χ0n) is 7.32. The summed E-state index contributed by atoms with van der Waals surface area (Å²) in [5.41, 5.74) is 0. The molecule has 1 amide bonds. The molecule has 0 spiro atoms. The number of nitrogens with one attached hydrogen (secondary N) is 1. The summed E-state index contributed by atoms with van der Waals surface area (Å²) in [5, 5.41) is 2.79. The summed E-state index contributed by atoms with van der Waals surface area (Å²) in [6.07, 6.45) is 3.98. The molecule has 0 radical (unpaired) electrons. The van der Waals surface area contributed by atoms with Gasteiger partial charge in [0, 0.05) is 12.0 Å². The third-order valence-corrected chi connectivity index (χ3v) is 2.74. The smallest absolute Gasteiger partial charge is 0.309 e. The van der Waals surface area contributed by atoms with Crippen LogP contribution in [0.5, 0.6) is 0 Å². The summed E-state index contributed by atoms with van der Waals surface area (Å²) in [5.74, 6) is -0.163. The van der Waals surface area contributed by atoms with E-state index in [2.05, 4.69) is 10.1 Å². The zero-order valence-corrected chi connectivity index (χ0v) is 7.32. The Morgan fingerprint density at radius 3 is 3.08 bits per heavy atom. The van der Waals surface area contributed by atoms with Crippen LogP contribution >= 0.6 is 0 Å². The van der Waals surface area contributed by atoms with Crippen molar-refractivity contribution in [1.82, 2.24) is 5.32 Å². The minimum Gasteiger partial charge on any atom is -0.469 e. The van der Waals surface area contributed by atoms with Gasteiger partial charge in [0.05, 0.1) is 13.0 Å². The van der Waals surface area contributed by atoms with E-state index in [9.17, 15) is 9.59 Å². The number of rotatable bonds is 1. The van der Waals surface area contributed by atoms with Gasteiger partial charge < -0.3 is 10.1 Å². The fourth-order valence-electron chi connectivity index (χ4n) is 1.93.